The molecule has 1 fully saturated rings. The van der Waals surface area contributed by atoms with Crippen molar-refractivity contribution in [2.45, 2.75) is 12.8 Å². The molecule has 31 heavy (non-hydrogen) atoms. The van der Waals surface area contributed by atoms with Gasteiger partial charge in [-0.05, 0) is 36.4 Å². The van der Waals surface area contributed by atoms with Crippen molar-refractivity contribution in [3.8, 4) is 0 Å². The van der Waals surface area contributed by atoms with Crippen molar-refractivity contribution < 1.29 is 33.4 Å². The lowest BCUT2D eigenvalue weighted by Gasteiger charge is -2.27. The highest BCUT2D eigenvalue weighted by molar-refractivity contribution is 6.03. The highest BCUT2D eigenvalue weighted by Crippen LogP contribution is 2.19. The zero-order valence-corrected chi connectivity index (χ0v) is 16.5. The molecule has 0 unspecified atom stereocenters. The molecule has 1 saturated heterocycles. The minimum atomic E-state index is -0.753. The average molecular weight is 425 g/mol. The van der Waals surface area contributed by atoms with E-state index in [9.17, 15) is 24.0 Å². The third-order valence-electron chi connectivity index (χ3n) is 4.35. The van der Waals surface area contributed by atoms with Gasteiger partial charge in [0.2, 0.25) is 11.8 Å². The van der Waals surface area contributed by atoms with Crippen LogP contribution in [-0.2, 0) is 23.9 Å². The van der Waals surface area contributed by atoms with Gasteiger partial charge in [-0.3, -0.25) is 19.8 Å². The Morgan fingerprint density at radius 2 is 1.71 bits per heavy atom. The maximum absolute atomic E-state index is 12.2. The van der Waals surface area contributed by atoms with Gasteiger partial charge in [-0.25, -0.2) is 14.6 Å². The molecular weight excluding hydrogens is 406 g/mol. The van der Waals surface area contributed by atoms with Crippen molar-refractivity contribution in [1.29, 1.82) is 0 Å². The first-order chi connectivity index (χ1) is 14.9. The molecule has 160 valence electrons. The van der Waals surface area contributed by atoms with Crippen LogP contribution in [0.3, 0.4) is 0 Å². The number of nitrogens with zero attached hydrogens (tertiary/aromatic N) is 1. The SMILES string of the molecule is COC(=O)c1ccccc1NC(=O)COC(=O)c1ccc(N2NC(=O)CCC2=O)cc1. The molecule has 3 amide bonds. The Hall–Kier alpha value is -4.21. The highest BCUT2D eigenvalue weighted by atomic mass is 16.5. The molecule has 3 rings (SSSR count). The second-order valence-electron chi connectivity index (χ2n) is 6.47. The van der Waals surface area contributed by atoms with E-state index >= 15 is 0 Å². The third kappa shape index (κ3) is 5.24. The van der Waals surface area contributed by atoms with Gasteiger partial charge in [-0.15, -0.1) is 0 Å². The van der Waals surface area contributed by atoms with E-state index in [2.05, 4.69) is 15.5 Å². The molecule has 1 aliphatic heterocycles. The van der Waals surface area contributed by atoms with Gasteiger partial charge < -0.3 is 14.8 Å². The van der Waals surface area contributed by atoms with E-state index < -0.39 is 24.5 Å². The van der Waals surface area contributed by atoms with Gasteiger partial charge in [-0.2, -0.15) is 0 Å². The molecule has 0 aromatic heterocycles. The molecule has 10 nitrogen and oxygen atoms in total. The molecule has 2 aromatic carbocycles. The van der Waals surface area contributed by atoms with Crippen LogP contribution in [0.2, 0.25) is 0 Å². The summed E-state index contributed by atoms with van der Waals surface area (Å²) < 4.78 is 9.65. The Balaban J connectivity index is 1.57. The predicted molar refractivity (Wildman–Crippen MR) is 108 cm³/mol. The number of hydrogen-bond donors (Lipinski definition) is 2. The molecule has 2 N–H and O–H groups in total. The topological polar surface area (TPSA) is 131 Å². The summed E-state index contributed by atoms with van der Waals surface area (Å²) >= 11 is 0. The molecule has 0 spiro atoms. The fourth-order valence-electron chi connectivity index (χ4n) is 2.81. The van der Waals surface area contributed by atoms with E-state index in [-0.39, 0.29) is 41.5 Å². The summed E-state index contributed by atoms with van der Waals surface area (Å²) in [7, 11) is 1.23. The van der Waals surface area contributed by atoms with Crippen molar-refractivity contribution >= 4 is 41.0 Å². The zero-order chi connectivity index (χ0) is 22.4. The Kier molecular flexibility index (Phi) is 6.61. The summed E-state index contributed by atoms with van der Waals surface area (Å²) in [6, 6.07) is 12.0. The van der Waals surface area contributed by atoms with Crippen molar-refractivity contribution in [3.63, 3.8) is 0 Å². The number of rotatable bonds is 6. The number of para-hydroxylation sites is 1. The number of benzene rings is 2. The Morgan fingerprint density at radius 3 is 2.42 bits per heavy atom. The lowest BCUT2D eigenvalue weighted by Crippen LogP contribution is -2.50. The van der Waals surface area contributed by atoms with Gasteiger partial charge in [0, 0.05) is 12.8 Å². The van der Waals surface area contributed by atoms with Gasteiger partial charge in [0.05, 0.1) is 29.6 Å². The Bertz CT molecular complexity index is 1030. The number of methoxy groups -OCH3 is 1. The standard InChI is InChI=1S/C21H19N3O7/c1-30-21(29)15-4-2-3-5-16(15)22-18(26)12-31-20(28)13-6-8-14(9-7-13)24-19(27)11-10-17(25)23-24/h2-9H,10-12H2,1H3,(H,22,26)(H,23,25). The summed E-state index contributed by atoms with van der Waals surface area (Å²) in [4.78, 5) is 59.5. The molecule has 0 atom stereocenters. The largest absolute Gasteiger partial charge is 0.465 e. The van der Waals surface area contributed by atoms with E-state index in [0.29, 0.717) is 5.69 Å². The number of anilines is 2. The first kappa shape index (κ1) is 21.5. The lowest BCUT2D eigenvalue weighted by atomic mass is 10.1. The van der Waals surface area contributed by atoms with Crippen LogP contribution in [-0.4, -0.2) is 43.4 Å². The minimum Gasteiger partial charge on any atom is -0.465 e. The van der Waals surface area contributed by atoms with Gasteiger partial charge in [0.25, 0.3) is 5.91 Å². The summed E-state index contributed by atoms with van der Waals surface area (Å²) in [5.41, 5.74) is 3.40. The number of carbonyl (C=O) groups is 5. The number of hydrazine groups is 1. The van der Waals surface area contributed by atoms with Crippen LogP contribution >= 0.6 is 0 Å². The van der Waals surface area contributed by atoms with Crippen LogP contribution in [0.5, 0.6) is 0 Å². The monoisotopic (exact) mass is 425 g/mol. The smallest absolute Gasteiger partial charge is 0.339 e. The first-order valence-corrected chi connectivity index (χ1v) is 9.26. The molecule has 0 radical (unpaired) electrons. The van der Waals surface area contributed by atoms with Crippen molar-refractivity contribution in [3.05, 3.63) is 59.7 Å². The fraction of sp³-hybridized carbons (Fsp3) is 0.190. The number of hydrogen-bond acceptors (Lipinski definition) is 7. The summed E-state index contributed by atoms with van der Waals surface area (Å²) in [6.45, 7) is -0.573. The summed E-state index contributed by atoms with van der Waals surface area (Å²) in [5.74, 6) is -2.54. The van der Waals surface area contributed by atoms with Gasteiger partial charge in [-0.1, -0.05) is 12.1 Å². The van der Waals surface area contributed by atoms with Crippen LogP contribution < -0.4 is 15.8 Å². The minimum absolute atomic E-state index is 0.101. The quantitative estimate of drug-likeness (QED) is 0.669. The molecule has 0 bridgehead atoms. The molecule has 1 heterocycles. The van der Waals surface area contributed by atoms with Crippen LogP contribution in [0, 0.1) is 0 Å². The first-order valence-electron chi connectivity index (χ1n) is 9.26. The highest BCUT2D eigenvalue weighted by Gasteiger charge is 2.24. The summed E-state index contributed by atoms with van der Waals surface area (Å²) in [5, 5.41) is 3.61. The van der Waals surface area contributed by atoms with E-state index in [1.165, 1.54) is 43.5 Å². The van der Waals surface area contributed by atoms with Crippen molar-refractivity contribution in [1.82, 2.24) is 5.43 Å². The van der Waals surface area contributed by atoms with Crippen LogP contribution in [0.25, 0.3) is 0 Å². The number of amides is 3. The van der Waals surface area contributed by atoms with Crippen LogP contribution in [0.15, 0.2) is 48.5 Å². The Labute approximate surface area is 177 Å². The van der Waals surface area contributed by atoms with Crippen molar-refractivity contribution in [2.24, 2.45) is 0 Å². The third-order valence-corrected chi connectivity index (χ3v) is 4.35. The van der Waals surface area contributed by atoms with Crippen molar-refractivity contribution in [2.75, 3.05) is 24.0 Å². The summed E-state index contributed by atoms with van der Waals surface area (Å²) in [6.07, 6.45) is 0.232. The number of esters is 2. The molecule has 2 aromatic rings. The molecule has 0 saturated carbocycles. The molecule has 1 aliphatic rings. The second kappa shape index (κ2) is 9.53. The van der Waals surface area contributed by atoms with E-state index in [0.717, 1.165) is 5.01 Å². The van der Waals surface area contributed by atoms with Gasteiger partial charge in [0.15, 0.2) is 6.61 Å². The van der Waals surface area contributed by atoms with E-state index in [4.69, 9.17) is 4.74 Å². The number of ether oxygens (including phenoxy) is 2. The van der Waals surface area contributed by atoms with E-state index in [1.54, 1.807) is 12.1 Å². The van der Waals surface area contributed by atoms with Crippen LogP contribution in [0.1, 0.15) is 33.6 Å². The lowest BCUT2D eigenvalue weighted by molar-refractivity contribution is -0.130. The molecule has 10 heteroatoms. The van der Waals surface area contributed by atoms with Crippen LogP contribution in [0.4, 0.5) is 11.4 Å². The normalized spacial score (nSPS) is 13.3. The van der Waals surface area contributed by atoms with Gasteiger partial charge in [0.1, 0.15) is 0 Å². The van der Waals surface area contributed by atoms with Gasteiger partial charge >= 0.3 is 11.9 Å². The average Bonchev–Trinajstić information content (AvgIpc) is 2.79. The molecular formula is C21H19N3O7. The predicted octanol–water partition coefficient (Wildman–Crippen LogP) is 1.43. The maximum atomic E-state index is 12.2. The van der Waals surface area contributed by atoms with E-state index in [1.807, 2.05) is 0 Å². The maximum Gasteiger partial charge on any atom is 0.339 e. The molecule has 0 aliphatic carbocycles. The Morgan fingerprint density at radius 1 is 1.00 bits per heavy atom. The second-order valence-corrected chi connectivity index (χ2v) is 6.47. The zero-order valence-electron chi connectivity index (χ0n) is 16.5. The fourth-order valence-corrected chi connectivity index (χ4v) is 2.81. The number of carbonyl (C=O) groups excluding carboxylic acids is 5. The number of nitrogens with one attached hydrogen (secondary N) is 2.